The summed E-state index contributed by atoms with van der Waals surface area (Å²) in [5.74, 6) is 2.69. The van der Waals surface area contributed by atoms with E-state index in [1.807, 2.05) is 4.90 Å². The number of fused-ring (bicyclic) bond motifs is 1. The molecule has 2 heterocycles. The van der Waals surface area contributed by atoms with Crippen molar-refractivity contribution in [3.05, 3.63) is 54.2 Å². The van der Waals surface area contributed by atoms with E-state index in [0.717, 1.165) is 10.8 Å². The van der Waals surface area contributed by atoms with Gasteiger partial charge in [0.25, 0.3) is 0 Å². The van der Waals surface area contributed by atoms with Crippen LogP contribution in [0.2, 0.25) is 0 Å². The van der Waals surface area contributed by atoms with Crippen molar-refractivity contribution in [2.24, 2.45) is 0 Å². The summed E-state index contributed by atoms with van der Waals surface area (Å²) in [5.41, 5.74) is 1.77. The standard InChI is InChI=1S/C32H36F3N5O7S/c1-48(46,47)24-9-7-21(8-10-24)36-15-3-4-23-18-25-26(5-2-6-28(25)40(23)20-32(33,34)35)37-22-13-16-39(17-14-22)19-29(41)38-27(31(44)45)11-12-30(42)43/h2,5-10,18,22,27,36-37H,11-17,19-20H2,1H3,(H,38,41)(H,42,43)(H,44,45)/t27-/m0/s1. The molecule has 0 saturated carbocycles. The number of nitrogens with zero attached hydrogens (tertiary/aromatic N) is 2. The minimum atomic E-state index is -4.49. The third kappa shape index (κ3) is 10.4. The number of aliphatic carboxylic acids is 2. The highest BCUT2D eigenvalue weighted by Gasteiger charge is 2.30. The maximum Gasteiger partial charge on any atom is 0.406 e. The molecule has 0 radical (unpaired) electrons. The molecule has 12 nitrogen and oxygen atoms in total. The first-order chi connectivity index (χ1) is 22.6. The van der Waals surface area contributed by atoms with Gasteiger partial charge in [-0.3, -0.25) is 14.5 Å². The Labute approximate surface area is 275 Å². The average molecular weight is 692 g/mol. The van der Waals surface area contributed by atoms with Crippen LogP contribution in [0.5, 0.6) is 0 Å². The number of anilines is 2. The maximum atomic E-state index is 13.6. The lowest BCUT2D eigenvalue weighted by molar-refractivity contribution is -0.143. The van der Waals surface area contributed by atoms with E-state index in [0.29, 0.717) is 48.2 Å². The molecule has 1 fully saturated rings. The molecule has 258 valence electrons. The number of hydrogen-bond donors (Lipinski definition) is 5. The molecule has 48 heavy (non-hydrogen) atoms. The second kappa shape index (κ2) is 15.4. The first-order valence-electron chi connectivity index (χ1n) is 15.0. The van der Waals surface area contributed by atoms with Crippen molar-refractivity contribution in [2.45, 2.75) is 55.4 Å². The third-order valence-corrected chi connectivity index (χ3v) is 8.89. The fourth-order valence-electron chi connectivity index (χ4n) is 5.39. The van der Waals surface area contributed by atoms with Crippen LogP contribution in [0, 0.1) is 11.8 Å². The smallest absolute Gasteiger partial charge is 0.406 e. The van der Waals surface area contributed by atoms with Gasteiger partial charge in [0, 0.05) is 48.6 Å². The summed E-state index contributed by atoms with van der Waals surface area (Å²) < 4.78 is 65.3. The number of piperidine rings is 1. The van der Waals surface area contributed by atoms with Gasteiger partial charge in [-0.05, 0) is 67.6 Å². The van der Waals surface area contributed by atoms with Crippen molar-refractivity contribution < 1.29 is 46.2 Å². The minimum Gasteiger partial charge on any atom is -0.481 e. The van der Waals surface area contributed by atoms with Gasteiger partial charge in [-0.2, -0.15) is 13.2 Å². The van der Waals surface area contributed by atoms with Crippen molar-refractivity contribution >= 4 is 50.0 Å². The zero-order chi connectivity index (χ0) is 35.1. The van der Waals surface area contributed by atoms with E-state index in [9.17, 15) is 41.1 Å². The molecule has 1 amide bonds. The number of amides is 1. The summed E-state index contributed by atoms with van der Waals surface area (Å²) in [5, 5.41) is 27.5. The number of carboxylic acids is 2. The van der Waals surface area contributed by atoms with Crippen LogP contribution in [-0.4, -0.2) is 96.6 Å². The normalized spacial score (nSPS) is 14.9. The molecule has 0 bridgehead atoms. The van der Waals surface area contributed by atoms with Crippen molar-refractivity contribution in [1.82, 2.24) is 14.8 Å². The van der Waals surface area contributed by atoms with Crippen molar-refractivity contribution in [3.8, 4) is 11.8 Å². The van der Waals surface area contributed by atoms with Gasteiger partial charge in [0.2, 0.25) is 5.91 Å². The molecule has 16 heteroatoms. The number of carboxylic acid groups (broad SMARTS) is 2. The Bertz CT molecular complexity index is 1810. The highest BCUT2D eigenvalue weighted by Crippen LogP contribution is 2.31. The third-order valence-electron chi connectivity index (χ3n) is 7.76. The number of sulfone groups is 1. The largest absolute Gasteiger partial charge is 0.481 e. The number of halogens is 3. The highest BCUT2D eigenvalue weighted by molar-refractivity contribution is 7.90. The van der Waals surface area contributed by atoms with Crippen molar-refractivity contribution in [2.75, 3.05) is 43.1 Å². The van der Waals surface area contributed by atoms with Crippen LogP contribution in [-0.2, 0) is 30.8 Å². The topological polar surface area (TPSA) is 170 Å². The fraction of sp³-hybridized carbons (Fsp3) is 0.406. The van der Waals surface area contributed by atoms with Gasteiger partial charge in [0.1, 0.15) is 12.6 Å². The lowest BCUT2D eigenvalue weighted by Gasteiger charge is -2.32. The molecule has 0 aliphatic carbocycles. The van der Waals surface area contributed by atoms with E-state index >= 15 is 0 Å². The van der Waals surface area contributed by atoms with E-state index in [-0.39, 0.29) is 36.1 Å². The van der Waals surface area contributed by atoms with Gasteiger partial charge < -0.3 is 30.7 Å². The number of nitrogens with one attached hydrogen (secondary N) is 3. The Morgan fingerprint density at radius 3 is 2.35 bits per heavy atom. The second-order valence-corrected chi connectivity index (χ2v) is 13.5. The van der Waals surface area contributed by atoms with Crippen LogP contribution in [0.25, 0.3) is 10.9 Å². The first kappa shape index (κ1) is 36.1. The number of rotatable bonds is 13. The predicted molar refractivity (Wildman–Crippen MR) is 172 cm³/mol. The number of aromatic nitrogens is 1. The fourth-order valence-corrected chi connectivity index (χ4v) is 6.02. The van der Waals surface area contributed by atoms with Crippen LogP contribution in [0.4, 0.5) is 24.5 Å². The average Bonchev–Trinajstić information content (AvgIpc) is 3.34. The molecule has 1 atom stereocenters. The molecular formula is C32H36F3N5O7S. The van der Waals surface area contributed by atoms with Gasteiger partial charge in [-0.1, -0.05) is 12.0 Å². The van der Waals surface area contributed by atoms with E-state index in [2.05, 4.69) is 27.8 Å². The number of benzene rings is 2. The number of carbonyl (C=O) groups excluding carboxylic acids is 1. The minimum absolute atomic E-state index is 0.0453. The van der Waals surface area contributed by atoms with Crippen molar-refractivity contribution in [1.29, 1.82) is 0 Å². The van der Waals surface area contributed by atoms with E-state index in [4.69, 9.17) is 5.11 Å². The number of carbonyl (C=O) groups is 3. The van der Waals surface area contributed by atoms with Crippen LogP contribution in [0.15, 0.2) is 53.4 Å². The molecule has 0 spiro atoms. The van der Waals surface area contributed by atoms with Crippen LogP contribution < -0.4 is 16.0 Å². The zero-order valence-corrected chi connectivity index (χ0v) is 26.8. The molecular weight excluding hydrogens is 655 g/mol. The summed E-state index contributed by atoms with van der Waals surface area (Å²) in [4.78, 5) is 36.6. The SMILES string of the molecule is CS(=O)(=O)c1ccc(NCC#Cc2cc3c(NC4CCN(CC(=O)N[C@@H](CCC(=O)O)C(=O)O)CC4)cccc3n2CC(F)(F)F)cc1. The summed E-state index contributed by atoms with van der Waals surface area (Å²) >= 11 is 0. The van der Waals surface area contributed by atoms with Crippen LogP contribution >= 0.6 is 0 Å². The first-order valence-corrected chi connectivity index (χ1v) is 16.9. The van der Waals surface area contributed by atoms with Gasteiger partial charge in [-0.15, -0.1) is 0 Å². The number of hydrogen-bond acceptors (Lipinski definition) is 8. The van der Waals surface area contributed by atoms with Gasteiger partial charge >= 0.3 is 18.1 Å². The number of likely N-dealkylation sites (tertiary alicyclic amines) is 1. The van der Waals surface area contributed by atoms with Gasteiger partial charge in [0.15, 0.2) is 9.84 Å². The lowest BCUT2D eigenvalue weighted by atomic mass is 10.0. The molecule has 1 saturated heterocycles. The Hall–Kier alpha value is -4.75. The highest BCUT2D eigenvalue weighted by atomic mass is 32.2. The Morgan fingerprint density at radius 1 is 1.06 bits per heavy atom. The van der Waals surface area contributed by atoms with E-state index < -0.39 is 52.9 Å². The molecule has 0 unspecified atom stereocenters. The second-order valence-electron chi connectivity index (χ2n) is 11.5. The Morgan fingerprint density at radius 2 is 1.75 bits per heavy atom. The summed E-state index contributed by atoms with van der Waals surface area (Å²) in [6.45, 7) is -0.174. The molecule has 2 aromatic carbocycles. The van der Waals surface area contributed by atoms with Crippen LogP contribution in [0.1, 0.15) is 31.4 Å². The van der Waals surface area contributed by atoms with Gasteiger partial charge in [0.05, 0.1) is 29.2 Å². The Kier molecular flexibility index (Phi) is 11.6. The van der Waals surface area contributed by atoms with Crippen LogP contribution in [0.3, 0.4) is 0 Å². The lowest BCUT2D eigenvalue weighted by Crippen LogP contribution is -2.48. The van der Waals surface area contributed by atoms with E-state index in [1.54, 1.807) is 36.4 Å². The number of alkyl halides is 3. The molecule has 5 N–H and O–H groups in total. The maximum absolute atomic E-state index is 13.6. The molecule has 1 aliphatic heterocycles. The van der Waals surface area contributed by atoms with Crippen molar-refractivity contribution in [3.63, 3.8) is 0 Å². The van der Waals surface area contributed by atoms with E-state index in [1.165, 1.54) is 12.1 Å². The molecule has 1 aliphatic rings. The molecule has 1 aromatic heterocycles. The predicted octanol–water partition coefficient (Wildman–Crippen LogP) is 3.38. The zero-order valence-electron chi connectivity index (χ0n) is 26.0. The molecule has 3 aromatic rings. The summed E-state index contributed by atoms with van der Waals surface area (Å²) in [6, 6.07) is 11.4. The van der Waals surface area contributed by atoms with Gasteiger partial charge in [-0.25, -0.2) is 13.2 Å². The summed E-state index contributed by atoms with van der Waals surface area (Å²) in [6.07, 6.45) is -2.80. The Balaban J connectivity index is 1.41. The summed E-state index contributed by atoms with van der Waals surface area (Å²) in [7, 11) is -3.35. The monoisotopic (exact) mass is 691 g/mol. The molecule has 4 rings (SSSR count). The quantitative estimate of drug-likeness (QED) is 0.168.